The van der Waals surface area contributed by atoms with Crippen molar-refractivity contribution in [1.82, 2.24) is 15.0 Å². The number of benzene rings is 2. The van der Waals surface area contributed by atoms with Crippen molar-refractivity contribution in [2.75, 3.05) is 0 Å². The Labute approximate surface area is 201 Å². The van der Waals surface area contributed by atoms with Crippen LogP contribution in [0.15, 0.2) is 48.7 Å². The summed E-state index contributed by atoms with van der Waals surface area (Å²) >= 11 is 12.5. The Morgan fingerprint density at radius 3 is 2.33 bits per heavy atom. The highest BCUT2D eigenvalue weighted by Crippen LogP contribution is 2.70. The summed E-state index contributed by atoms with van der Waals surface area (Å²) in [6.45, 7) is 6.42. The molecule has 0 amide bonds. The van der Waals surface area contributed by atoms with Gasteiger partial charge in [-0.15, -0.1) is 0 Å². The summed E-state index contributed by atoms with van der Waals surface area (Å²) in [5.41, 5.74) is 1.77. The lowest BCUT2D eigenvalue weighted by Crippen LogP contribution is -2.48. The fourth-order valence-corrected chi connectivity index (χ4v) is 6.21. The zero-order valence-corrected chi connectivity index (χ0v) is 20.0. The van der Waals surface area contributed by atoms with E-state index in [4.69, 9.17) is 37.9 Å². The third kappa shape index (κ3) is 2.50. The molecule has 0 N–H and O–H groups in total. The van der Waals surface area contributed by atoms with Crippen molar-refractivity contribution in [3.8, 4) is 5.75 Å². The number of ether oxygens (including phenoxy) is 1. The van der Waals surface area contributed by atoms with Gasteiger partial charge < -0.3 is 4.74 Å². The predicted octanol–water partition coefficient (Wildman–Crippen LogP) is 6.42. The molecule has 0 radical (unpaired) electrons. The molecule has 0 spiro atoms. The van der Waals surface area contributed by atoms with E-state index >= 15 is 0 Å². The molecular formula is C26H21Cl2N3O2. The van der Waals surface area contributed by atoms with Crippen molar-refractivity contribution in [3.05, 3.63) is 70.1 Å². The molecule has 6 rings (SSSR count). The molecule has 5 nitrogen and oxygen atoms in total. The van der Waals surface area contributed by atoms with E-state index < -0.39 is 10.8 Å². The normalized spacial score (nSPS) is 24.9. The summed E-state index contributed by atoms with van der Waals surface area (Å²) in [5, 5.41) is 1.76. The molecule has 0 saturated heterocycles. The molecule has 2 bridgehead atoms. The molecule has 7 heteroatoms. The first-order valence-electron chi connectivity index (χ1n) is 10.9. The van der Waals surface area contributed by atoms with Crippen LogP contribution in [0.3, 0.4) is 0 Å². The predicted molar refractivity (Wildman–Crippen MR) is 129 cm³/mol. The van der Waals surface area contributed by atoms with E-state index in [-0.39, 0.29) is 11.4 Å². The van der Waals surface area contributed by atoms with Gasteiger partial charge in [-0.3, -0.25) is 9.78 Å². The Hall–Kier alpha value is -2.76. The number of hydrogen-bond acceptors (Lipinski definition) is 5. The van der Waals surface area contributed by atoms with Crippen LogP contribution in [0.1, 0.15) is 45.0 Å². The van der Waals surface area contributed by atoms with Gasteiger partial charge in [0.25, 0.3) is 0 Å². The molecule has 0 aliphatic heterocycles. The van der Waals surface area contributed by atoms with Gasteiger partial charge in [0.1, 0.15) is 10.9 Å². The Morgan fingerprint density at radius 2 is 1.61 bits per heavy atom. The van der Waals surface area contributed by atoms with Gasteiger partial charge in [0.05, 0.1) is 32.5 Å². The number of pyridine rings is 1. The summed E-state index contributed by atoms with van der Waals surface area (Å²) < 4.78 is 6.11. The van der Waals surface area contributed by atoms with Crippen LogP contribution in [0.25, 0.3) is 21.9 Å². The monoisotopic (exact) mass is 477 g/mol. The van der Waals surface area contributed by atoms with Crippen LogP contribution in [0, 0.1) is 5.41 Å². The van der Waals surface area contributed by atoms with Crippen molar-refractivity contribution in [3.63, 3.8) is 0 Å². The number of nitrogens with zero attached hydrogens (tertiary/aromatic N) is 3. The average Bonchev–Trinajstić information content (AvgIpc) is 3.08. The molecule has 2 unspecified atom stereocenters. The second-order valence-corrected chi connectivity index (χ2v) is 10.6. The largest absolute Gasteiger partial charge is 0.423 e. The number of para-hydroxylation sites is 1. The SMILES string of the molecule is CC12CCC(C(=O)Oc3cccc4cccnc34)(c3nc4cc(Cl)c(Cl)cc4nc31)C2(C)C. The third-order valence-electron chi connectivity index (χ3n) is 8.23. The van der Waals surface area contributed by atoms with Crippen molar-refractivity contribution in [2.45, 2.75) is 44.4 Å². The van der Waals surface area contributed by atoms with E-state index in [2.05, 4.69) is 25.8 Å². The minimum absolute atomic E-state index is 0.318. The first-order chi connectivity index (χ1) is 15.7. The maximum absolute atomic E-state index is 14.1. The molecule has 4 aromatic rings. The molecule has 2 aromatic heterocycles. The van der Waals surface area contributed by atoms with Gasteiger partial charge in [-0.1, -0.05) is 62.2 Å². The molecule has 33 heavy (non-hydrogen) atoms. The van der Waals surface area contributed by atoms with Crippen LogP contribution in [-0.4, -0.2) is 20.9 Å². The highest BCUT2D eigenvalue weighted by Gasteiger charge is 2.74. The van der Waals surface area contributed by atoms with E-state index in [0.717, 1.165) is 17.5 Å². The smallest absolute Gasteiger partial charge is 0.324 e. The highest BCUT2D eigenvalue weighted by atomic mass is 35.5. The Morgan fingerprint density at radius 1 is 0.939 bits per heavy atom. The number of rotatable bonds is 2. The topological polar surface area (TPSA) is 65.0 Å². The number of carbonyl (C=O) groups excluding carboxylic acids is 1. The molecule has 1 saturated carbocycles. The Bertz CT molecular complexity index is 1500. The highest BCUT2D eigenvalue weighted by molar-refractivity contribution is 6.42. The number of halogens is 2. The first-order valence-corrected chi connectivity index (χ1v) is 11.7. The number of hydrogen-bond donors (Lipinski definition) is 0. The second-order valence-electron chi connectivity index (χ2n) is 9.76. The lowest BCUT2D eigenvalue weighted by Gasteiger charge is -2.38. The quantitative estimate of drug-likeness (QED) is 0.246. The second kappa shape index (κ2) is 6.64. The summed E-state index contributed by atoms with van der Waals surface area (Å²) in [5.74, 6) is 0.135. The Kier molecular flexibility index (Phi) is 4.19. The van der Waals surface area contributed by atoms with Gasteiger partial charge >= 0.3 is 5.97 Å². The lowest BCUT2D eigenvalue weighted by atomic mass is 9.64. The number of esters is 1. The van der Waals surface area contributed by atoms with Gasteiger partial charge in [-0.2, -0.15) is 0 Å². The van der Waals surface area contributed by atoms with Crippen molar-refractivity contribution in [2.24, 2.45) is 5.41 Å². The summed E-state index contributed by atoms with van der Waals surface area (Å²) in [6, 6.07) is 12.9. The number of aromatic nitrogens is 3. The molecule has 166 valence electrons. The molecular weight excluding hydrogens is 457 g/mol. The maximum Gasteiger partial charge on any atom is 0.324 e. The van der Waals surface area contributed by atoms with E-state index in [1.807, 2.05) is 24.3 Å². The van der Waals surface area contributed by atoms with Gasteiger partial charge in [-0.05, 0) is 42.5 Å². The van der Waals surface area contributed by atoms with Crippen molar-refractivity contribution in [1.29, 1.82) is 0 Å². The summed E-state index contributed by atoms with van der Waals surface area (Å²) in [4.78, 5) is 28.4. The van der Waals surface area contributed by atoms with Gasteiger partial charge in [0.2, 0.25) is 0 Å². The van der Waals surface area contributed by atoms with Crippen LogP contribution in [0.2, 0.25) is 10.0 Å². The van der Waals surface area contributed by atoms with Crippen LogP contribution in [0.4, 0.5) is 0 Å². The molecule has 2 aromatic carbocycles. The first kappa shape index (κ1) is 20.8. The zero-order chi connectivity index (χ0) is 23.2. The standard InChI is InChI=1S/C26H21Cl2N3O2/c1-24(2)25(3)9-10-26(24,22-21(25)30-17-12-15(27)16(28)13-18(17)31-22)23(32)33-19-8-4-6-14-7-5-11-29-20(14)19/h4-8,11-13H,9-10H2,1-3H3. The number of fused-ring (bicyclic) bond motifs is 7. The third-order valence-corrected chi connectivity index (χ3v) is 8.95. The van der Waals surface area contributed by atoms with Crippen LogP contribution >= 0.6 is 23.2 Å². The van der Waals surface area contributed by atoms with Gasteiger partial charge in [-0.25, -0.2) is 9.97 Å². The molecule has 2 atom stereocenters. The van der Waals surface area contributed by atoms with E-state index in [1.165, 1.54) is 0 Å². The molecule has 2 heterocycles. The summed E-state index contributed by atoms with van der Waals surface area (Å²) in [6.07, 6.45) is 3.16. The minimum atomic E-state index is -0.929. The van der Waals surface area contributed by atoms with Crippen LogP contribution in [-0.2, 0) is 15.6 Å². The van der Waals surface area contributed by atoms with Gasteiger partial charge in [0, 0.05) is 17.0 Å². The molecule has 1 fully saturated rings. The van der Waals surface area contributed by atoms with Crippen molar-refractivity contribution < 1.29 is 9.53 Å². The fourth-order valence-electron chi connectivity index (χ4n) is 5.90. The zero-order valence-electron chi connectivity index (χ0n) is 18.4. The maximum atomic E-state index is 14.1. The van der Waals surface area contributed by atoms with Crippen LogP contribution in [0.5, 0.6) is 5.75 Å². The van der Waals surface area contributed by atoms with E-state index in [9.17, 15) is 4.79 Å². The average molecular weight is 478 g/mol. The number of carbonyl (C=O) groups is 1. The fraction of sp³-hybridized carbons (Fsp3) is 0.308. The molecule has 2 aliphatic rings. The summed E-state index contributed by atoms with van der Waals surface area (Å²) in [7, 11) is 0. The van der Waals surface area contributed by atoms with Gasteiger partial charge in [0.15, 0.2) is 5.75 Å². The van der Waals surface area contributed by atoms with Crippen molar-refractivity contribution >= 4 is 51.1 Å². The lowest BCUT2D eigenvalue weighted by molar-refractivity contribution is -0.145. The Balaban J connectivity index is 1.55. The molecule has 2 aliphatic carbocycles. The minimum Gasteiger partial charge on any atom is -0.423 e. The van der Waals surface area contributed by atoms with Crippen LogP contribution < -0.4 is 4.74 Å². The van der Waals surface area contributed by atoms with E-state index in [0.29, 0.717) is 44.5 Å². The van der Waals surface area contributed by atoms with E-state index in [1.54, 1.807) is 24.4 Å².